The van der Waals surface area contributed by atoms with E-state index in [2.05, 4.69) is 33.8 Å². The van der Waals surface area contributed by atoms with Crippen LogP contribution in [0, 0.1) is 6.92 Å². The SMILES string of the molecule is Cc1nc(-c2ccccc2)sc1CNC(=O)NCc1cccc2ccccc12. The lowest BCUT2D eigenvalue weighted by Crippen LogP contribution is -2.34. The molecule has 4 rings (SSSR count). The van der Waals surface area contributed by atoms with Gasteiger partial charge in [-0.3, -0.25) is 0 Å². The van der Waals surface area contributed by atoms with E-state index in [4.69, 9.17) is 0 Å². The summed E-state index contributed by atoms with van der Waals surface area (Å²) >= 11 is 1.62. The number of nitrogens with zero attached hydrogens (tertiary/aromatic N) is 1. The van der Waals surface area contributed by atoms with Crippen molar-refractivity contribution in [2.45, 2.75) is 20.0 Å². The Labute approximate surface area is 168 Å². The number of carbonyl (C=O) groups is 1. The molecule has 0 bridgehead atoms. The van der Waals surface area contributed by atoms with Gasteiger partial charge in [-0.25, -0.2) is 9.78 Å². The number of urea groups is 1. The van der Waals surface area contributed by atoms with E-state index in [0.717, 1.165) is 32.1 Å². The zero-order chi connectivity index (χ0) is 19.3. The quantitative estimate of drug-likeness (QED) is 0.490. The number of thiazole rings is 1. The molecule has 2 amide bonds. The molecule has 0 atom stereocenters. The number of hydrogen-bond donors (Lipinski definition) is 2. The predicted octanol–water partition coefficient (Wildman–Crippen LogP) is 5.27. The van der Waals surface area contributed by atoms with Gasteiger partial charge < -0.3 is 10.6 Å². The Kier molecular flexibility index (Phi) is 5.35. The molecule has 0 spiro atoms. The third kappa shape index (κ3) is 4.05. The molecular formula is C23H21N3OS. The van der Waals surface area contributed by atoms with E-state index in [1.165, 1.54) is 5.39 Å². The van der Waals surface area contributed by atoms with Gasteiger partial charge in [0.25, 0.3) is 0 Å². The summed E-state index contributed by atoms with van der Waals surface area (Å²) < 4.78 is 0. The molecule has 28 heavy (non-hydrogen) atoms. The molecule has 4 aromatic rings. The molecule has 4 nitrogen and oxygen atoms in total. The van der Waals surface area contributed by atoms with E-state index >= 15 is 0 Å². The van der Waals surface area contributed by atoms with Gasteiger partial charge in [-0.05, 0) is 23.3 Å². The van der Waals surface area contributed by atoms with Crippen molar-refractivity contribution in [3.05, 3.63) is 88.9 Å². The molecule has 0 aliphatic carbocycles. The highest BCUT2D eigenvalue weighted by Gasteiger charge is 2.10. The topological polar surface area (TPSA) is 54.0 Å². The standard InChI is InChI=1S/C23H21N3OS/c1-16-21(28-22(26-16)18-9-3-2-4-10-18)15-25-23(27)24-14-19-12-7-11-17-8-5-6-13-20(17)19/h2-13H,14-15H2,1H3,(H2,24,25,27). The summed E-state index contributed by atoms with van der Waals surface area (Å²) in [6.45, 7) is 2.94. The average Bonchev–Trinajstić information content (AvgIpc) is 3.12. The first-order valence-corrected chi connectivity index (χ1v) is 10.0. The molecule has 140 valence electrons. The highest BCUT2D eigenvalue weighted by atomic mass is 32.1. The largest absolute Gasteiger partial charge is 0.334 e. The lowest BCUT2D eigenvalue weighted by molar-refractivity contribution is 0.240. The number of aryl methyl sites for hydroxylation is 1. The Bertz CT molecular complexity index is 1100. The van der Waals surface area contributed by atoms with Crippen LogP contribution >= 0.6 is 11.3 Å². The van der Waals surface area contributed by atoms with Crippen molar-refractivity contribution in [2.75, 3.05) is 0 Å². The number of aromatic nitrogens is 1. The van der Waals surface area contributed by atoms with Gasteiger partial charge >= 0.3 is 6.03 Å². The van der Waals surface area contributed by atoms with Crippen LogP contribution in [0.15, 0.2) is 72.8 Å². The molecule has 5 heteroatoms. The highest BCUT2D eigenvalue weighted by Crippen LogP contribution is 2.27. The van der Waals surface area contributed by atoms with Gasteiger partial charge in [-0.2, -0.15) is 0 Å². The second-order valence-electron chi connectivity index (χ2n) is 6.57. The fourth-order valence-corrected chi connectivity index (χ4v) is 4.15. The van der Waals surface area contributed by atoms with E-state index in [1.807, 2.05) is 61.5 Å². The summed E-state index contributed by atoms with van der Waals surface area (Å²) in [5.41, 5.74) is 3.16. The number of fused-ring (bicyclic) bond motifs is 1. The van der Waals surface area contributed by atoms with Crippen LogP contribution in [0.1, 0.15) is 16.1 Å². The Morgan fingerprint density at radius 1 is 0.893 bits per heavy atom. The van der Waals surface area contributed by atoms with Gasteiger partial charge in [0, 0.05) is 17.0 Å². The Hall–Kier alpha value is -3.18. The molecule has 0 fully saturated rings. The summed E-state index contributed by atoms with van der Waals surface area (Å²) in [5, 5.41) is 9.21. The van der Waals surface area contributed by atoms with Gasteiger partial charge in [-0.1, -0.05) is 72.8 Å². The summed E-state index contributed by atoms with van der Waals surface area (Å²) in [6, 6.07) is 24.3. The maximum atomic E-state index is 12.3. The summed E-state index contributed by atoms with van der Waals surface area (Å²) in [5.74, 6) is 0. The fourth-order valence-electron chi connectivity index (χ4n) is 3.14. The van der Waals surface area contributed by atoms with Gasteiger partial charge in [0.1, 0.15) is 5.01 Å². The first-order valence-electron chi connectivity index (χ1n) is 9.21. The monoisotopic (exact) mass is 387 g/mol. The lowest BCUT2D eigenvalue weighted by Gasteiger charge is -2.09. The molecule has 0 unspecified atom stereocenters. The first-order chi connectivity index (χ1) is 13.7. The smallest absolute Gasteiger partial charge is 0.315 e. The van der Waals surface area contributed by atoms with Crippen molar-refractivity contribution in [2.24, 2.45) is 0 Å². The summed E-state index contributed by atoms with van der Waals surface area (Å²) in [6.07, 6.45) is 0. The lowest BCUT2D eigenvalue weighted by atomic mass is 10.0. The van der Waals surface area contributed by atoms with Crippen LogP contribution in [0.25, 0.3) is 21.3 Å². The van der Waals surface area contributed by atoms with Gasteiger partial charge in [0.2, 0.25) is 0 Å². The molecule has 0 aliphatic rings. The van der Waals surface area contributed by atoms with Crippen molar-refractivity contribution in [3.63, 3.8) is 0 Å². The van der Waals surface area contributed by atoms with Crippen LogP contribution in [0.2, 0.25) is 0 Å². The Balaban J connectivity index is 1.37. The van der Waals surface area contributed by atoms with Crippen molar-refractivity contribution >= 4 is 28.1 Å². The second kappa shape index (κ2) is 8.23. The maximum absolute atomic E-state index is 12.3. The van der Waals surface area contributed by atoms with Crippen molar-refractivity contribution in [3.8, 4) is 10.6 Å². The highest BCUT2D eigenvalue weighted by molar-refractivity contribution is 7.15. The van der Waals surface area contributed by atoms with Crippen LogP contribution in [0.5, 0.6) is 0 Å². The molecule has 1 aromatic heterocycles. The Morgan fingerprint density at radius 3 is 2.46 bits per heavy atom. The van der Waals surface area contributed by atoms with Crippen LogP contribution < -0.4 is 10.6 Å². The van der Waals surface area contributed by atoms with E-state index in [0.29, 0.717) is 13.1 Å². The Morgan fingerprint density at radius 2 is 1.61 bits per heavy atom. The summed E-state index contributed by atoms with van der Waals surface area (Å²) in [4.78, 5) is 18.0. The van der Waals surface area contributed by atoms with Gasteiger partial charge in [0.05, 0.1) is 12.2 Å². The molecule has 0 aliphatic heterocycles. The minimum Gasteiger partial charge on any atom is -0.334 e. The molecule has 0 saturated carbocycles. The van der Waals surface area contributed by atoms with E-state index in [1.54, 1.807) is 11.3 Å². The van der Waals surface area contributed by atoms with Gasteiger partial charge in [0.15, 0.2) is 0 Å². The fraction of sp³-hybridized carbons (Fsp3) is 0.130. The van der Waals surface area contributed by atoms with E-state index in [-0.39, 0.29) is 6.03 Å². The number of rotatable bonds is 5. The minimum atomic E-state index is -0.179. The van der Waals surface area contributed by atoms with Gasteiger partial charge in [-0.15, -0.1) is 11.3 Å². The number of hydrogen-bond acceptors (Lipinski definition) is 3. The minimum absolute atomic E-state index is 0.179. The third-order valence-electron chi connectivity index (χ3n) is 4.64. The van der Waals surface area contributed by atoms with E-state index in [9.17, 15) is 4.79 Å². The normalized spacial score (nSPS) is 10.8. The molecular weight excluding hydrogens is 366 g/mol. The number of amides is 2. The second-order valence-corrected chi connectivity index (χ2v) is 7.65. The number of nitrogens with one attached hydrogen (secondary N) is 2. The van der Waals surface area contributed by atoms with Crippen LogP contribution in [0.3, 0.4) is 0 Å². The maximum Gasteiger partial charge on any atom is 0.315 e. The third-order valence-corrected chi connectivity index (χ3v) is 5.85. The zero-order valence-electron chi connectivity index (χ0n) is 15.6. The van der Waals surface area contributed by atoms with Crippen molar-refractivity contribution < 1.29 is 4.79 Å². The molecule has 2 N–H and O–H groups in total. The van der Waals surface area contributed by atoms with Crippen LogP contribution in [-0.2, 0) is 13.1 Å². The number of carbonyl (C=O) groups excluding carboxylic acids is 1. The molecule has 0 saturated heterocycles. The zero-order valence-corrected chi connectivity index (χ0v) is 16.4. The predicted molar refractivity (Wildman–Crippen MR) is 115 cm³/mol. The van der Waals surface area contributed by atoms with E-state index < -0.39 is 0 Å². The van der Waals surface area contributed by atoms with Crippen molar-refractivity contribution in [1.82, 2.24) is 15.6 Å². The van der Waals surface area contributed by atoms with Crippen molar-refractivity contribution in [1.29, 1.82) is 0 Å². The molecule has 3 aromatic carbocycles. The average molecular weight is 388 g/mol. The van der Waals surface area contributed by atoms with Crippen LogP contribution in [0.4, 0.5) is 4.79 Å². The summed E-state index contributed by atoms with van der Waals surface area (Å²) in [7, 11) is 0. The number of benzene rings is 3. The van der Waals surface area contributed by atoms with Crippen LogP contribution in [-0.4, -0.2) is 11.0 Å². The first kappa shape index (κ1) is 18.2. The molecule has 1 heterocycles. The molecule has 0 radical (unpaired) electrons.